The average molecular weight is 161 g/mol. The normalized spacial score (nSPS) is 16.0. The van der Waals surface area contributed by atoms with Crippen LogP contribution in [0.15, 0.2) is 24.4 Å². The fourth-order valence-electron chi connectivity index (χ4n) is 1.22. The predicted molar refractivity (Wildman–Crippen MR) is 45.9 cm³/mol. The van der Waals surface area contributed by atoms with E-state index in [1.807, 2.05) is 12.1 Å². The summed E-state index contributed by atoms with van der Waals surface area (Å²) in [4.78, 5) is 15.4. The van der Waals surface area contributed by atoms with E-state index in [4.69, 9.17) is 0 Å². The van der Waals surface area contributed by atoms with Gasteiger partial charge < -0.3 is 0 Å². The van der Waals surface area contributed by atoms with Gasteiger partial charge in [0.15, 0.2) is 5.78 Å². The number of carbonyl (C=O) groups is 1. The van der Waals surface area contributed by atoms with Crippen LogP contribution < -0.4 is 0 Å². The van der Waals surface area contributed by atoms with Gasteiger partial charge in [-0.25, -0.2) is 0 Å². The van der Waals surface area contributed by atoms with E-state index in [0.29, 0.717) is 18.0 Å². The number of rotatable bonds is 3. The molecule has 2 nitrogen and oxygen atoms in total. The van der Waals surface area contributed by atoms with Crippen LogP contribution in [-0.4, -0.2) is 10.8 Å². The van der Waals surface area contributed by atoms with E-state index < -0.39 is 0 Å². The number of Topliss-reactive ketones (excluding diaryl/α,β-unsaturated/α-hetero) is 1. The minimum Gasteiger partial charge on any atom is -0.292 e. The molecule has 0 unspecified atom stereocenters. The highest BCUT2D eigenvalue weighted by atomic mass is 16.1. The zero-order valence-corrected chi connectivity index (χ0v) is 6.86. The molecule has 0 atom stereocenters. The smallest absolute Gasteiger partial charge is 0.181 e. The number of hydrogen-bond donors (Lipinski definition) is 0. The molecule has 1 heterocycles. The third-order valence-electron chi connectivity index (χ3n) is 2.12. The van der Waals surface area contributed by atoms with Crippen LogP contribution >= 0.6 is 0 Å². The second kappa shape index (κ2) is 3.05. The summed E-state index contributed by atoms with van der Waals surface area (Å²) in [6, 6.07) is 5.46. The third kappa shape index (κ3) is 1.70. The van der Waals surface area contributed by atoms with Crippen molar-refractivity contribution in [2.24, 2.45) is 5.92 Å². The van der Waals surface area contributed by atoms with Crippen LogP contribution in [0.2, 0.25) is 0 Å². The van der Waals surface area contributed by atoms with Gasteiger partial charge in [-0.2, -0.15) is 0 Å². The van der Waals surface area contributed by atoms with Crippen molar-refractivity contribution in [2.45, 2.75) is 19.3 Å². The van der Waals surface area contributed by atoms with Crippen molar-refractivity contribution in [3.63, 3.8) is 0 Å². The van der Waals surface area contributed by atoms with Crippen LogP contribution in [0, 0.1) is 5.92 Å². The van der Waals surface area contributed by atoms with Gasteiger partial charge in [-0.1, -0.05) is 6.07 Å². The molecule has 1 fully saturated rings. The number of nitrogens with zero attached hydrogens (tertiary/aromatic N) is 1. The van der Waals surface area contributed by atoms with E-state index in [0.717, 1.165) is 0 Å². The van der Waals surface area contributed by atoms with Crippen LogP contribution in [-0.2, 0) is 0 Å². The van der Waals surface area contributed by atoms with E-state index in [2.05, 4.69) is 4.98 Å². The molecule has 12 heavy (non-hydrogen) atoms. The van der Waals surface area contributed by atoms with Crippen LogP contribution in [0.5, 0.6) is 0 Å². The quantitative estimate of drug-likeness (QED) is 0.635. The highest BCUT2D eigenvalue weighted by Gasteiger charge is 2.25. The van der Waals surface area contributed by atoms with Gasteiger partial charge in [-0.3, -0.25) is 9.78 Å². The minimum atomic E-state index is 0.193. The Hall–Kier alpha value is -1.18. The summed E-state index contributed by atoms with van der Waals surface area (Å²) in [6.07, 6.45) is 4.80. The summed E-state index contributed by atoms with van der Waals surface area (Å²) in [6.45, 7) is 0. The van der Waals surface area contributed by atoms with E-state index in [-0.39, 0.29) is 5.78 Å². The van der Waals surface area contributed by atoms with Crippen LogP contribution in [0.3, 0.4) is 0 Å². The summed E-state index contributed by atoms with van der Waals surface area (Å²) in [5, 5.41) is 0. The Labute approximate surface area is 71.6 Å². The van der Waals surface area contributed by atoms with E-state index >= 15 is 0 Å². The molecule has 0 spiro atoms. The highest BCUT2D eigenvalue weighted by molar-refractivity contribution is 5.94. The summed E-state index contributed by atoms with van der Waals surface area (Å²) < 4.78 is 0. The van der Waals surface area contributed by atoms with Crippen LogP contribution in [0.25, 0.3) is 0 Å². The van der Waals surface area contributed by atoms with Gasteiger partial charge >= 0.3 is 0 Å². The molecule has 2 rings (SSSR count). The summed E-state index contributed by atoms with van der Waals surface area (Å²) in [5.41, 5.74) is 0.615. The molecule has 62 valence electrons. The zero-order chi connectivity index (χ0) is 8.39. The zero-order valence-electron chi connectivity index (χ0n) is 6.86. The van der Waals surface area contributed by atoms with E-state index in [1.165, 1.54) is 12.8 Å². The number of ketones is 1. The number of hydrogen-bond acceptors (Lipinski definition) is 2. The van der Waals surface area contributed by atoms with Crippen molar-refractivity contribution >= 4 is 5.78 Å². The van der Waals surface area contributed by atoms with Crippen LogP contribution in [0.1, 0.15) is 29.8 Å². The molecule has 0 bridgehead atoms. The van der Waals surface area contributed by atoms with Gasteiger partial charge in [0.25, 0.3) is 0 Å². The third-order valence-corrected chi connectivity index (χ3v) is 2.12. The Balaban J connectivity index is 2.03. The lowest BCUT2D eigenvalue weighted by atomic mass is 10.1. The lowest BCUT2D eigenvalue weighted by Crippen LogP contribution is -2.01. The summed E-state index contributed by atoms with van der Waals surface area (Å²) >= 11 is 0. The van der Waals surface area contributed by atoms with Gasteiger partial charge in [-0.15, -0.1) is 0 Å². The molecule has 0 N–H and O–H groups in total. The minimum absolute atomic E-state index is 0.193. The summed E-state index contributed by atoms with van der Waals surface area (Å²) in [5.74, 6) is 0.845. The number of pyridine rings is 1. The van der Waals surface area contributed by atoms with Crippen molar-refractivity contribution in [1.29, 1.82) is 0 Å². The van der Waals surface area contributed by atoms with Crippen molar-refractivity contribution in [1.82, 2.24) is 4.98 Å². The molecule has 0 radical (unpaired) electrons. The molecule has 0 aliphatic heterocycles. The van der Waals surface area contributed by atoms with Gasteiger partial charge in [0.05, 0.1) is 0 Å². The molecule has 0 aromatic carbocycles. The maximum atomic E-state index is 11.4. The lowest BCUT2D eigenvalue weighted by molar-refractivity contribution is 0.0971. The first-order valence-electron chi connectivity index (χ1n) is 4.30. The van der Waals surface area contributed by atoms with Crippen molar-refractivity contribution in [2.75, 3.05) is 0 Å². The van der Waals surface area contributed by atoms with Gasteiger partial charge in [0.1, 0.15) is 5.69 Å². The molecule has 0 saturated heterocycles. The maximum absolute atomic E-state index is 11.4. The second-order valence-corrected chi connectivity index (χ2v) is 3.29. The topological polar surface area (TPSA) is 30.0 Å². The fourth-order valence-corrected chi connectivity index (χ4v) is 1.22. The standard InChI is InChI=1S/C10H11NO/c12-10(7-8-4-5-8)9-3-1-2-6-11-9/h1-3,6,8H,4-5,7H2. The molecule has 1 aliphatic carbocycles. The van der Waals surface area contributed by atoms with Crippen molar-refractivity contribution in [3.05, 3.63) is 30.1 Å². The van der Waals surface area contributed by atoms with E-state index in [1.54, 1.807) is 12.3 Å². The number of aromatic nitrogens is 1. The Bertz CT molecular complexity index is 277. The molecule has 1 aromatic heterocycles. The molecule has 2 heteroatoms. The van der Waals surface area contributed by atoms with Crippen LogP contribution in [0.4, 0.5) is 0 Å². The van der Waals surface area contributed by atoms with E-state index in [9.17, 15) is 4.79 Å². The second-order valence-electron chi connectivity index (χ2n) is 3.29. The molecule has 1 aliphatic rings. The number of carbonyl (C=O) groups excluding carboxylic acids is 1. The van der Waals surface area contributed by atoms with Crippen molar-refractivity contribution < 1.29 is 4.79 Å². The first-order valence-corrected chi connectivity index (χ1v) is 4.30. The largest absolute Gasteiger partial charge is 0.292 e. The van der Waals surface area contributed by atoms with Gasteiger partial charge in [-0.05, 0) is 30.9 Å². The lowest BCUT2D eigenvalue weighted by Gasteiger charge is -1.96. The Morgan fingerprint density at radius 1 is 1.50 bits per heavy atom. The summed E-state index contributed by atoms with van der Waals surface area (Å²) in [7, 11) is 0. The van der Waals surface area contributed by atoms with Gasteiger partial charge in [0.2, 0.25) is 0 Å². The Morgan fingerprint density at radius 2 is 2.33 bits per heavy atom. The first kappa shape index (κ1) is 7.47. The SMILES string of the molecule is O=C(CC1CC1)c1ccccn1. The first-order chi connectivity index (χ1) is 5.86. The van der Waals surface area contributed by atoms with Crippen molar-refractivity contribution in [3.8, 4) is 0 Å². The monoisotopic (exact) mass is 161 g/mol. The predicted octanol–water partition coefficient (Wildman–Crippen LogP) is 2.06. The fraction of sp³-hybridized carbons (Fsp3) is 0.400. The molecule has 1 aromatic rings. The molecular weight excluding hydrogens is 150 g/mol. The molecule has 1 saturated carbocycles. The Morgan fingerprint density at radius 3 is 2.92 bits per heavy atom. The maximum Gasteiger partial charge on any atom is 0.181 e. The Kier molecular flexibility index (Phi) is 1.90. The molecule has 0 amide bonds. The average Bonchev–Trinajstić information content (AvgIpc) is 2.90. The highest BCUT2D eigenvalue weighted by Crippen LogP contribution is 2.33. The molecular formula is C10H11NO. The van der Waals surface area contributed by atoms with Gasteiger partial charge in [0, 0.05) is 12.6 Å².